The second kappa shape index (κ2) is 8.01. The van der Waals surface area contributed by atoms with Gasteiger partial charge in [-0.15, -0.1) is 0 Å². The van der Waals surface area contributed by atoms with Crippen LogP contribution in [0.15, 0.2) is 23.3 Å². The largest absolute Gasteiger partial charge is 0.462 e. The normalized spacial score (nSPS) is 42.2. The number of aliphatic hydroxyl groups excluding tert-OH is 3. The van der Waals surface area contributed by atoms with Crippen molar-refractivity contribution in [2.75, 3.05) is 0 Å². The number of carbonyl (C=O) groups excluding carboxylic acids is 2. The van der Waals surface area contributed by atoms with Crippen LogP contribution in [0, 0.1) is 22.7 Å². The molecule has 0 aromatic heterocycles. The fraction of sp³-hybridized carbons (Fsp3) is 0.750. The predicted molar refractivity (Wildman–Crippen MR) is 114 cm³/mol. The molecule has 7 nitrogen and oxygen atoms in total. The van der Waals surface area contributed by atoms with Gasteiger partial charge < -0.3 is 24.8 Å². The van der Waals surface area contributed by atoms with Crippen LogP contribution in [0.5, 0.6) is 0 Å². The first kappa shape index (κ1) is 24.0. The van der Waals surface area contributed by atoms with Gasteiger partial charge in [0, 0.05) is 32.1 Å². The molecule has 174 valence electrons. The molecule has 0 amide bonds. The number of hydrogen-bond acceptors (Lipinski definition) is 7. The molecule has 2 bridgehead atoms. The van der Waals surface area contributed by atoms with Crippen molar-refractivity contribution in [3.05, 3.63) is 23.3 Å². The van der Waals surface area contributed by atoms with Gasteiger partial charge in [0.05, 0.1) is 12.2 Å². The third-order valence-electron chi connectivity index (χ3n) is 7.76. The molecule has 2 saturated carbocycles. The molecule has 0 unspecified atom stereocenters. The molecule has 0 saturated heterocycles. The lowest BCUT2D eigenvalue weighted by Gasteiger charge is -2.59. The van der Waals surface area contributed by atoms with Crippen LogP contribution in [0.1, 0.15) is 60.8 Å². The lowest BCUT2D eigenvalue weighted by atomic mass is 9.49. The van der Waals surface area contributed by atoms with E-state index in [0.717, 1.165) is 11.1 Å². The number of aliphatic hydroxyl groups is 3. The van der Waals surface area contributed by atoms with Crippen molar-refractivity contribution in [1.29, 1.82) is 0 Å². The molecule has 0 aromatic carbocycles. The first-order chi connectivity index (χ1) is 14.2. The van der Waals surface area contributed by atoms with Gasteiger partial charge in [-0.25, -0.2) is 0 Å². The highest BCUT2D eigenvalue weighted by Crippen LogP contribution is 2.59. The monoisotopic (exact) mass is 436 g/mol. The van der Waals surface area contributed by atoms with Crippen LogP contribution >= 0.6 is 0 Å². The van der Waals surface area contributed by atoms with Gasteiger partial charge in [-0.05, 0) is 41.7 Å². The Morgan fingerprint density at radius 2 is 1.61 bits per heavy atom. The molecule has 3 aliphatic rings. The average Bonchev–Trinajstić information content (AvgIpc) is 2.56. The van der Waals surface area contributed by atoms with Crippen LogP contribution in [0.25, 0.3) is 0 Å². The number of esters is 2. The van der Waals surface area contributed by atoms with Gasteiger partial charge in [-0.3, -0.25) is 9.59 Å². The van der Waals surface area contributed by atoms with Crippen molar-refractivity contribution >= 4 is 11.9 Å². The third-order valence-corrected chi connectivity index (χ3v) is 7.76. The van der Waals surface area contributed by atoms with Gasteiger partial charge in [0.25, 0.3) is 0 Å². The molecular weight excluding hydrogens is 400 g/mol. The smallest absolute Gasteiger partial charge is 0.302 e. The van der Waals surface area contributed by atoms with Crippen LogP contribution in [-0.2, 0) is 19.1 Å². The summed E-state index contributed by atoms with van der Waals surface area (Å²) in [5, 5.41) is 32.5. The van der Waals surface area contributed by atoms with Crippen LogP contribution in [0.2, 0.25) is 0 Å². The van der Waals surface area contributed by atoms with E-state index in [9.17, 15) is 24.9 Å². The Morgan fingerprint density at radius 3 is 2.16 bits per heavy atom. The Balaban J connectivity index is 2.27. The van der Waals surface area contributed by atoms with E-state index in [4.69, 9.17) is 9.47 Å². The maximum Gasteiger partial charge on any atom is 0.302 e. The Kier molecular flexibility index (Phi) is 6.19. The van der Waals surface area contributed by atoms with Crippen molar-refractivity contribution < 1.29 is 34.4 Å². The molecule has 3 N–H and O–H groups in total. The van der Waals surface area contributed by atoms with Gasteiger partial charge in [0.15, 0.2) is 0 Å². The third kappa shape index (κ3) is 3.96. The summed E-state index contributed by atoms with van der Waals surface area (Å²) >= 11 is 0. The Hall–Kier alpha value is -1.70. The molecule has 0 spiro atoms. The van der Waals surface area contributed by atoms with E-state index in [1.807, 2.05) is 27.7 Å². The SMILES string of the molecule is C=C1[C@@H](O)[C@@H](O)C[C@@]2(C)C[C@H](O)C3=C(C)C[C@H](OC(C)=O)[C@@H]([C@@H](OC(C)=O)[C@H]12)C3(C)C. The molecule has 0 heterocycles. The van der Waals surface area contributed by atoms with Gasteiger partial charge in [-0.1, -0.05) is 32.9 Å². The van der Waals surface area contributed by atoms with E-state index in [2.05, 4.69) is 6.58 Å². The summed E-state index contributed by atoms with van der Waals surface area (Å²) in [7, 11) is 0. The first-order valence-electron chi connectivity index (χ1n) is 11.0. The fourth-order valence-corrected chi connectivity index (χ4v) is 6.89. The van der Waals surface area contributed by atoms with Gasteiger partial charge in [0.1, 0.15) is 18.3 Å². The first-order valence-corrected chi connectivity index (χ1v) is 11.0. The molecule has 3 rings (SSSR count). The number of fused-ring (bicyclic) bond motifs is 3. The minimum atomic E-state index is -1.16. The van der Waals surface area contributed by atoms with Crippen molar-refractivity contribution in [2.24, 2.45) is 22.7 Å². The zero-order valence-electron chi connectivity index (χ0n) is 19.3. The predicted octanol–water partition coefficient (Wildman–Crippen LogP) is 2.28. The summed E-state index contributed by atoms with van der Waals surface area (Å²) in [5.74, 6) is -1.89. The number of ether oxygens (including phenoxy) is 2. The summed E-state index contributed by atoms with van der Waals surface area (Å²) in [6.45, 7) is 14.6. The summed E-state index contributed by atoms with van der Waals surface area (Å²) < 4.78 is 11.7. The summed E-state index contributed by atoms with van der Waals surface area (Å²) in [4.78, 5) is 24.2. The molecule has 2 fully saturated rings. The van der Waals surface area contributed by atoms with Crippen LogP contribution < -0.4 is 0 Å². The summed E-state index contributed by atoms with van der Waals surface area (Å²) in [6, 6.07) is 0. The van der Waals surface area contributed by atoms with Crippen LogP contribution in [0.3, 0.4) is 0 Å². The maximum atomic E-state index is 12.2. The number of hydrogen-bond donors (Lipinski definition) is 3. The van der Waals surface area contributed by atoms with Gasteiger partial charge in [-0.2, -0.15) is 0 Å². The molecule has 31 heavy (non-hydrogen) atoms. The summed E-state index contributed by atoms with van der Waals surface area (Å²) in [6.07, 6.45) is -3.28. The number of rotatable bonds is 2. The zero-order valence-corrected chi connectivity index (χ0v) is 19.3. The quantitative estimate of drug-likeness (QED) is 0.450. The van der Waals surface area contributed by atoms with Crippen molar-refractivity contribution in [1.82, 2.24) is 0 Å². The van der Waals surface area contributed by atoms with E-state index in [1.54, 1.807) is 0 Å². The van der Waals surface area contributed by atoms with E-state index in [0.29, 0.717) is 18.4 Å². The highest BCUT2D eigenvalue weighted by Gasteiger charge is 2.61. The Labute approximate surface area is 184 Å². The lowest BCUT2D eigenvalue weighted by molar-refractivity contribution is -0.185. The average molecular weight is 437 g/mol. The molecule has 7 heteroatoms. The molecule has 3 aliphatic carbocycles. The van der Waals surface area contributed by atoms with Crippen molar-refractivity contribution in [3.8, 4) is 0 Å². The Morgan fingerprint density at radius 1 is 1.03 bits per heavy atom. The van der Waals surface area contributed by atoms with Crippen LogP contribution in [-0.4, -0.2) is 57.8 Å². The second-order valence-electron chi connectivity index (χ2n) is 10.5. The minimum Gasteiger partial charge on any atom is -0.462 e. The topological polar surface area (TPSA) is 113 Å². The fourth-order valence-electron chi connectivity index (χ4n) is 6.89. The van der Waals surface area contributed by atoms with Crippen LogP contribution in [0.4, 0.5) is 0 Å². The van der Waals surface area contributed by atoms with E-state index in [-0.39, 0.29) is 6.42 Å². The maximum absolute atomic E-state index is 12.2. The number of carbonyl (C=O) groups is 2. The van der Waals surface area contributed by atoms with Crippen molar-refractivity contribution in [2.45, 2.75) is 91.3 Å². The Bertz CT molecular complexity index is 813. The van der Waals surface area contributed by atoms with Gasteiger partial charge in [0.2, 0.25) is 0 Å². The van der Waals surface area contributed by atoms with Crippen molar-refractivity contribution in [3.63, 3.8) is 0 Å². The molecule has 0 aliphatic heterocycles. The van der Waals surface area contributed by atoms with Gasteiger partial charge >= 0.3 is 11.9 Å². The lowest BCUT2D eigenvalue weighted by Crippen LogP contribution is -2.61. The molecule has 0 aromatic rings. The molecule has 0 radical (unpaired) electrons. The van der Waals surface area contributed by atoms with E-state index >= 15 is 0 Å². The highest BCUT2D eigenvalue weighted by atomic mass is 16.6. The minimum absolute atomic E-state index is 0.227. The van der Waals surface area contributed by atoms with E-state index in [1.165, 1.54) is 13.8 Å². The molecule has 8 atom stereocenters. The molecular formula is C24H36O7. The standard InChI is InChI=1S/C24H36O7/c1-11-8-17(30-13(3)25)20-22(31-14(4)26)19-12(2)21(29)16(28)10-24(19,7)9-15(27)18(11)23(20,5)6/h15-17,19-22,27-29H,2,8-10H2,1,3-7H3/t15-,16-,17-,19-,20-,21+,22-,24+/m0/s1. The van der Waals surface area contributed by atoms with E-state index < -0.39 is 65.1 Å². The highest BCUT2D eigenvalue weighted by molar-refractivity contribution is 5.67. The second-order valence-corrected chi connectivity index (χ2v) is 10.5. The summed E-state index contributed by atoms with van der Waals surface area (Å²) in [5.41, 5.74) is 0.868. The zero-order chi connectivity index (χ0) is 23.5.